The van der Waals surface area contributed by atoms with Gasteiger partial charge in [-0.05, 0) is 69.3 Å². The lowest BCUT2D eigenvalue weighted by Crippen LogP contribution is -2.48. The zero-order valence-corrected chi connectivity index (χ0v) is 26.1. The van der Waals surface area contributed by atoms with Gasteiger partial charge in [0.15, 0.2) is 14.1 Å². The first-order chi connectivity index (χ1) is 18.5. The molecule has 0 spiro atoms. The molecule has 3 rings (SSSR count). The predicted molar refractivity (Wildman–Crippen MR) is 156 cm³/mol. The van der Waals surface area contributed by atoms with Crippen LogP contribution < -0.4 is 0 Å². The minimum Gasteiger partial charge on any atom is -0.457 e. The second-order valence-corrected chi connectivity index (χ2v) is 16.2. The molecule has 216 valence electrons. The lowest BCUT2D eigenvalue weighted by Gasteiger charge is -2.34. The Kier molecular flexibility index (Phi) is 11.0. The van der Waals surface area contributed by atoms with Gasteiger partial charge in [-0.25, -0.2) is 0 Å². The molecule has 0 aliphatic carbocycles. The second kappa shape index (κ2) is 13.6. The molecule has 0 radical (unpaired) electrons. The summed E-state index contributed by atoms with van der Waals surface area (Å²) in [6, 6.07) is 12.8. The van der Waals surface area contributed by atoms with E-state index < -0.39 is 38.1 Å². The van der Waals surface area contributed by atoms with Gasteiger partial charge in [0.05, 0.1) is 18.6 Å². The Labute approximate surface area is 236 Å². The first kappa shape index (κ1) is 31.5. The zero-order chi connectivity index (χ0) is 28.8. The Bertz CT molecular complexity index is 1040. The van der Waals surface area contributed by atoms with Gasteiger partial charge in [-0.3, -0.25) is 9.59 Å². The number of rotatable bonds is 9. The quantitative estimate of drug-likeness (QED) is 0.190. The van der Waals surface area contributed by atoms with Gasteiger partial charge in [-0.15, -0.1) is 5.73 Å². The predicted octanol–water partition coefficient (Wildman–Crippen LogP) is 6.79. The number of ether oxygens (including phenoxy) is 3. The summed E-state index contributed by atoms with van der Waals surface area (Å²) < 4.78 is 25.7. The van der Waals surface area contributed by atoms with E-state index in [0.717, 1.165) is 29.3 Å². The third-order valence-electron chi connectivity index (χ3n) is 8.79. The van der Waals surface area contributed by atoms with E-state index >= 15 is 0 Å². The Morgan fingerprint density at radius 1 is 1.05 bits per heavy atom. The molecule has 1 aromatic carbocycles. The number of hydrogen-bond acceptors (Lipinski definition) is 6. The molecule has 1 aromatic rings. The van der Waals surface area contributed by atoms with Crippen molar-refractivity contribution in [1.82, 2.24) is 0 Å². The standard InChI is InChI=1S/C32H48O6Si/c1-9-26-22(5)18-19-27(35-21-25-16-14-13-15-17-25)23(6)20-32(8)30(33)29(38-39(10-2,11-3)12-4)28(37-32)24(7)31(34)36-26/h13-17,19,23-24,26-29H,9-12,20-21H2,1-8H3/t18?,23-,24-,26-,27-,28-,29-,32+/m1/s1. The largest absolute Gasteiger partial charge is 0.457 e. The lowest BCUT2D eigenvalue weighted by atomic mass is 9.85. The zero-order valence-electron chi connectivity index (χ0n) is 25.1. The van der Waals surface area contributed by atoms with Crippen LogP contribution >= 0.6 is 0 Å². The highest BCUT2D eigenvalue weighted by Crippen LogP contribution is 2.41. The lowest BCUT2D eigenvalue weighted by molar-refractivity contribution is -0.162. The molecule has 2 aliphatic rings. The third-order valence-corrected chi connectivity index (χ3v) is 13.4. The molecule has 6 nitrogen and oxygen atoms in total. The number of esters is 1. The molecule has 7 heteroatoms. The third kappa shape index (κ3) is 7.19. The topological polar surface area (TPSA) is 71.1 Å². The van der Waals surface area contributed by atoms with Crippen molar-refractivity contribution in [3.05, 3.63) is 53.3 Å². The van der Waals surface area contributed by atoms with Crippen LogP contribution in [0.2, 0.25) is 18.1 Å². The Morgan fingerprint density at radius 2 is 1.69 bits per heavy atom. The number of hydrogen-bond donors (Lipinski definition) is 0. The Balaban J connectivity index is 2.02. The summed E-state index contributed by atoms with van der Waals surface area (Å²) in [5.74, 6) is -1.15. The summed E-state index contributed by atoms with van der Waals surface area (Å²) in [4.78, 5) is 27.5. The molecular weight excluding hydrogens is 508 g/mol. The summed E-state index contributed by atoms with van der Waals surface area (Å²) in [6.07, 6.45) is 0.770. The van der Waals surface area contributed by atoms with Crippen molar-refractivity contribution in [2.24, 2.45) is 11.8 Å². The summed E-state index contributed by atoms with van der Waals surface area (Å²) in [7, 11) is -2.16. The van der Waals surface area contributed by atoms with E-state index in [1.54, 1.807) is 6.92 Å². The molecule has 39 heavy (non-hydrogen) atoms. The fourth-order valence-corrected chi connectivity index (χ4v) is 8.59. The van der Waals surface area contributed by atoms with Crippen LogP contribution in [0.25, 0.3) is 0 Å². The van der Waals surface area contributed by atoms with Gasteiger partial charge >= 0.3 is 5.97 Å². The minimum atomic E-state index is -2.16. The smallest absolute Gasteiger partial charge is 0.312 e. The second-order valence-electron chi connectivity index (χ2n) is 11.5. The van der Waals surface area contributed by atoms with Crippen LogP contribution in [-0.4, -0.2) is 50.1 Å². The van der Waals surface area contributed by atoms with E-state index in [1.807, 2.05) is 57.2 Å². The normalized spacial score (nSPS) is 32.2. The maximum absolute atomic E-state index is 14.1. The summed E-state index contributed by atoms with van der Waals surface area (Å²) in [5, 5.41) is 0. The van der Waals surface area contributed by atoms with E-state index in [0.29, 0.717) is 19.4 Å². The maximum atomic E-state index is 14.1. The van der Waals surface area contributed by atoms with E-state index in [2.05, 4.69) is 33.4 Å². The molecule has 1 saturated heterocycles. The fraction of sp³-hybridized carbons (Fsp3) is 0.656. The van der Waals surface area contributed by atoms with Crippen LogP contribution in [0.4, 0.5) is 0 Å². The average molecular weight is 557 g/mol. The maximum Gasteiger partial charge on any atom is 0.312 e. The van der Waals surface area contributed by atoms with Gasteiger partial charge in [0.2, 0.25) is 0 Å². The molecule has 1 fully saturated rings. The SMILES string of the molecule is CC[C@H]1OC(=O)[C@H](C)[C@H]2O[C@@](C)(C[C@@H](C)[C@H](OCc3ccccc3)C=C=C1C)C(=O)[C@@H]2O[Si](CC)(CC)CC. The van der Waals surface area contributed by atoms with E-state index in [4.69, 9.17) is 18.6 Å². The monoisotopic (exact) mass is 556 g/mol. The average Bonchev–Trinajstić information content (AvgIpc) is 3.18. The van der Waals surface area contributed by atoms with Gasteiger partial charge < -0.3 is 18.6 Å². The van der Waals surface area contributed by atoms with E-state index in [1.165, 1.54) is 0 Å². The highest BCUT2D eigenvalue weighted by molar-refractivity contribution is 6.73. The van der Waals surface area contributed by atoms with Gasteiger partial charge in [0.25, 0.3) is 0 Å². The summed E-state index contributed by atoms with van der Waals surface area (Å²) in [6.45, 7) is 16.5. The molecule has 7 atom stereocenters. The van der Waals surface area contributed by atoms with Crippen molar-refractivity contribution in [3.63, 3.8) is 0 Å². The van der Waals surface area contributed by atoms with Crippen molar-refractivity contribution in [3.8, 4) is 0 Å². The van der Waals surface area contributed by atoms with E-state index in [9.17, 15) is 9.59 Å². The van der Waals surface area contributed by atoms with Crippen LogP contribution in [0.15, 0.2) is 47.7 Å². The number of carbonyl (C=O) groups excluding carboxylic acids is 2. The molecule has 2 bridgehead atoms. The fourth-order valence-electron chi connectivity index (χ4n) is 5.81. The van der Waals surface area contributed by atoms with Crippen molar-refractivity contribution in [2.45, 2.75) is 123 Å². The molecule has 0 amide bonds. The molecule has 0 saturated carbocycles. The van der Waals surface area contributed by atoms with Gasteiger partial charge in [-0.2, -0.15) is 0 Å². The molecule has 2 heterocycles. The number of carbonyl (C=O) groups is 2. The van der Waals surface area contributed by atoms with Gasteiger partial charge in [0.1, 0.15) is 23.9 Å². The van der Waals surface area contributed by atoms with Crippen molar-refractivity contribution in [2.75, 3.05) is 0 Å². The van der Waals surface area contributed by atoms with Crippen molar-refractivity contribution < 1.29 is 28.2 Å². The number of fused-ring (bicyclic) bond motifs is 2. The van der Waals surface area contributed by atoms with Gasteiger partial charge in [0, 0.05) is 5.57 Å². The van der Waals surface area contributed by atoms with Crippen LogP contribution in [0.3, 0.4) is 0 Å². The van der Waals surface area contributed by atoms with Crippen LogP contribution in [0.1, 0.15) is 73.8 Å². The van der Waals surface area contributed by atoms with Gasteiger partial charge in [-0.1, -0.05) is 65.0 Å². The number of Topliss-reactive ketones (excluding diaryl/α,β-unsaturated/α-hetero) is 1. The van der Waals surface area contributed by atoms with Crippen molar-refractivity contribution >= 4 is 20.1 Å². The molecule has 0 aromatic heterocycles. The number of cyclic esters (lactones) is 1. The minimum absolute atomic E-state index is 0.0550. The summed E-state index contributed by atoms with van der Waals surface area (Å²) in [5.41, 5.74) is 4.16. The van der Waals surface area contributed by atoms with Crippen LogP contribution in [0, 0.1) is 11.8 Å². The van der Waals surface area contributed by atoms with E-state index in [-0.39, 0.29) is 23.8 Å². The molecular formula is C32H48O6Si. The highest BCUT2D eigenvalue weighted by atomic mass is 28.4. The Hall–Kier alpha value is -2.02. The molecule has 2 aliphatic heterocycles. The van der Waals surface area contributed by atoms with Crippen molar-refractivity contribution in [1.29, 1.82) is 0 Å². The number of benzene rings is 1. The molecule has 0 unspecified atom stereocenters. The molecule has 0 N–H and O–H groups in total. The Morgan fingerprint density at radius 3 is 2.28 bits per heavy atom. The highest BCUT2D eigenvalue weighted by Gasteiger charge is 2.57. The summed E-state index contributed by atoms with van der Waals surface area (Å²) >= 11 is 0. The van der Waals surface area contributed by atoms with Crippen LogP contribution in [0.5, 0.6) is 0 Å². The first-order valence-electron chi connectivity index (χ1n) is 14.7. The first-order valence-corrected chi connectivity index (χ1v) is 17.2. The van der Waals surface area contributed by atoms with Crippen LogP contribution in [-0.2, 0) is 34.8 Å². The number of ketones is 1.